The Balaban J connectivity index is 1.91. The molecule has 222 valence electrons. The van der Waals surface area contributed by atoms with E-state index in [1.54, 1.807) is 11.1 Å². The van der Waals surface area contributed by atoms with Gasteiger partial charge in [-0.3, -0.25) is 0 Å². The summed E-state index contributed by atoms with van der Waals surface area (Å²) in [5.41, 5.74) is 2.17. The molecular formula is C30H43FN6O3Sn. The molecule has 0 aromatic carbocycles. The summed E-state index contributed by atoms with van der Waals surface area (Å²) in [5, 5.41) is 0.470. The Morgan fingerprint density at radius 2 is 1.88 bits per heavy atom. The maximum absolute atomic E-state index is 15.7. The van der Waals surface area contributed by atoms with Crippen molar-refractivity contribution < 1.29 is 13.9 Å². The van der Waals surface area contributed by atoms with Crippen molar-refractivity contribution >= 4 is 45.0 Å². The molecule has 0 spiro atoms. The number of hydrogen-bond acceptors (Lipinski definition) is 7. The molecule has 4 rings (SSSR count). The first kappa shape index (κ1) is 31.2. The molecule has 1 amide bonds. The summed E-state index contributed by atoms with van der Waals surface area (Å²) in [6.45, 7) is 13.2. The van der Waals surface area contributed by atoms with Gasteiger partial charge in [-0.25, -0.2) is 0 Å². The predicted octanol–water partition coefficient (Wildman–Crippen LogP) is 5.13. The van der Waals surface area contributed by atoms with Crippen molar-refractivity contribution in [3.05, 3.63) is 45.9 Å². The third-order valence-corrected chi connectivity index (χ3v) is 12.7. The quantitative estimate of drug-likeness (QED) is 0.254. The molecule has 0 unspecified atom stereocenters. The molecule has 4 heterocycles. The molecule has 1 aliphatic rings. The predicted molar refractivity (Wildman–Crippen MR) is 164 cm³/mol. The van der Waals surface area contributed by atoms with Crippen LogP contribution in [-0.2, 0) is 4.74 Å². The molecule has 0 bridgehead atoms. The standard InChI is InChI=1S/C27H34FN6O3.3CH3.Sn/c1-7-8-11-37-27(36)33-15-18(5)32(14-19(33)6)25-21-12-20(28)13-30-24(21)34(26(35)31-25)23-17(4)9-10-29-22(23)16(2)3;;;;/h9-10,12,16,18-19H,7-8,11,14-15H2,1-6H3;3*1H3;/t18-,19+;;;;/m0..../s1. The molecule has 1 saturated heterocycles. The van der Waals surface area contributed by atoms with Crippen molar-refractivity contribution in [1.82, 2.24) is 24.4 Å². The van der Waals surface area contributed by atoms with Gasteiger partial charge in [0.05, 0.1) is 0 Å². The second-order valence-corrected chi connectivity index (χ2v) is 26.7. The van der Waals surface area contributed by atoms with Crippen LogP contribution in [0.4, 0.5) is 15.0 Å². The van der Waals surface area contributed by atoms with E-state index in [2.05, 4.69) is 24.8 Å². The fourth-order valence-electron chi connectivity index (χ4n) is 5.40. The number of ether oxygens (including phenoxy) is 1. The third-order valence-electron chi connectivity index (χ3n) is 7.65. The Hall–Kier alpha value is -2.76. The molecule has 9 nitrogen and oxygen atoms in total. The maximum atomic E-state index is 15.7. The zero-order chi connectivity index (χ0) is 30.2. The topological polar surface area (TPSA) is 93.5 Å². The number of anilines is 1. The van der Waals surface area contributed by atoms with E-state index in [-0.39, 0.29) is 29.9 Å². The van der Waals surface area contributed by atoms with Crippen LogP contribution in [0, 0.1) is 12.7 Å². The van der Waals surface area contributed by atoms with Gasteiger partial charge in [0, 0.05) is 0 Å². The first-order valence-corrected chi connectivity index (χ1v) is 24.5. The Labute approximate surface area is 246 Å². The number of carbonyl (C=O) groups excluding carboxylic acids is 1. The first-order chi connectivity index (χ1) is 19.3. The van der Waals surface area contributed by atoms with Crippen LogP contribution in [0.25, 0.3) is 16.7 Å². The van der Waals surface area contributed by atoms with Crippen LogP contribution in [0.15, 0.2) is 23.1 Å². The summed E-state index contributed by atoms with van der Waals surface area (Å²) in [5.74, 6) is 0.0634. The summed E-state index contributed by atoms with van der Waals surface area (Å²) in [6, 6.07) is 2.98. The second kappa shape index (κ2) is 12.2. The number of halogens is 1. The Kier molecular flexibility index (Phi) is 9.30. The van der Waals surface area contributed by atoms with Crippen LogP contribution in [0.3, 0.4) is 0 Å². The van der Waals surface area contributed by atoms with E-state index in [1.165, 1.54) is 10.6 Å². The van der Waals surface area contributed by atoms with Gasteiger partial charge in [-0.15, -0.1) is 0 Å². The number of aryl methyl sites for hydroxylation is 1. The molecule has 1 fully saturated rings. The number of pyridine rings is 2. The molecular weight excluding hydrogens is 630 g/mol. The van der Waals surface area contributed by atoms with E-state index < -0.39 is 24.1 Å². The van der Waals surface area contributed by atoms with Gasteiger partial charge in [0.2, 0.25) is 0 Å². The zero-order valence-electron chi connectivity index (χ0n) is 25.8. The van der Waals surface area contributed by atoms with Gasteiger partial charge < -0.3 is 0 Å². The van der Waals surface area contributed by atoms with Gasteiger partial charge in [-0.05, 0) is 6.42 Å². The molecule has 2 atom stereocenters. The monoisotopic (exact) mass is 674 g/mol. The van der Waals surface area contributed by atoms with Gasteiger partial charge in [0.1, 0.15) is 0 Å². The van der Waals surface area contributed by atoms with Crippen LogP contribution in [0.2, 0.25) is 14.8 Å². The minimum atomic E-state index is -3.04. The fraction of sp³-hybridized carbons (Fsp3) is 0.567. The molecule has 0 N–H and O–H groups in total. The average Bonchev–Trinajstić information content (AvgIpc) is 2.89. The fourth-order valence-corrected chi connectivity index (χ4v) is 8.91. The number of nitrogens with zero attached hydrogens (tertiary/aromatic N) is 6. The number of unbranched alkanes of at least 4 members (excludes halogenated alkanes) is 1. The first-order valence-electron chi connectivity index (χ1n) is 14.6. The van der Waals surface area contributed by atoms with Crippen LogP contribution in [0.5, 0.6) is 0 Å². The number of hydrogen-bond donors (Lipinski definition) is 0. The SMILES string of the molecule is CCCCOC(=O)N1C[C@H](C)N(c2nc(=O)n(-c3c(C)ccnc3C(C)C)c3n[c]([Sn]([CH3])([CH3])[CH3])c(F)cc23)C[C@H]1C. The third kappa shape index (κ3) is 6.22. The summed E-state index contributed by atoms with van der Waals surface area (Å²) < 4.78 is 23.2. The van der Waals surface area contributed by atoms with Crippen LogP contribution < -0.4 is 14.3 Å². The van der Waals surface area contributed by atoms with Crippen molar-refractivity contribution in [2.75, 3.05) is 24.6 Å². The summed E-state index contributed by atoms with van der Waals surface area (Å²) >= 11 is -3.04. The molecule has 3 aromatic heterocycles. The normalized spacial score (nSPS) is 17.9. The van der Waals surface area contributed by atoms with Gasteiger partial charge in [-0.2, -0.15) is 0 Å². The van der Waals surface area contributed by atoms with Crippen molar-refractivity contribution in [1.29, 1.82) is 0 Å². The molecule has 0 radical (unpaired) electrons. The van der Waals surface area contributed by atoms with Crippen molar-refractivity contribution in [3.8, 4) is 5.69 Å². The van der Waals surface area contributed by atoms with Crippen LogP contribution in [-0.4, -0.2) is 80.7 Å². The van der Waals surface area contributed by atoms with Gasteiger partial charge in [-0.1, -0.05) is 13.3 Å². The molecule has 0 saturated carbocycles. The molecule has 11 heteroatoms. The summed E-state index contributed by atoms with van der Waals surface area (Å²) in [7, 11) is 0. The van der Waals surface area contributed by atoms with Crippen LogP contribution >= 0.6 is 0 Å². The van der Waals surface area contributed by atoms with E-state index >= 15 is 4.39 Å². The molecule has 0 aliphatic carbocycles. The zero-order valence-corrected chi connectivity index (χ0v) is 28.6. The van der Waals surface area contributed by atoms with Gasteiger partial charge in [0.15, 0.2) is 0 Å². The van der Waals surface area contributed by atoms with E-state index in [1.807, 2.05) is 52.5 Å². The van der Waals surface area contributed by atoms with E-state index in [4.69, 9.17) is 9.72 Å². The number of piperazine rings is 1. The van der Waals surface area contributed by atoms with Crippen LogP contribution in [0.1, 0.15) is 64.6 Å². The van der Waals surface area contributed by atoms with Crippen molar-refractivity contribution in [3.63, 3.8) is 0 Å². The number of rotatable bonds is 7. The van der Waals surface area contributed by atoms with E-state index in [9.17, 15) is 9.59 Å². The Bertz CT molecular complexity index is 1500. The Morgan fingerprint density at radius 3 is 2.51 bits per heavy atom. The Morgan fingerprint density at radius 1 is 1.17 bits per heavy atom. The molecule has 1 aliphatic heterocycles. The molecule has 41 heavy (non-hydrogen) atoms. The summed E-state index contributed by atoms with van der Waals surface area (Å²) in [6.07, 6.45) is 3.16. The van der Waals surface area contributed by atoms with E-state index in [0.717, 1.165) is 24.1 Å². The number of fused-ring (bicyclic) bond motifs is 1. The molecule has 3 aromatic rings. The number of aromatic nitrogens is 4. The van der Waals surface area contributed by atoms with Crippen molar-refractivity contribution in [2.24, 2.45) is 0 Å². The van der Waals surface area contributed by atoms with Crippen molar-refractivity contribution in [2.45, 2.75) is 87.2 Å². The van der Waals surface area contributed by atoms with Gasteiger partial charge >= 0.3 is 227 Å². The van der Waals surface area contributed by atoms with E-state index in [0.29, 0.717) is 45.9 Å². The van der Waals surface area contributed by atoms with Gasteiger partial charge in [0.25, 0.3) is 0 Å². The average molecular weight is 673 g/mol. The number of amides is 1. The second-order valence-electron chi connectivity index (χ2n) is 12.5. The summed E-state index contributed by atoms with van der Waals surface area (Å²) in [4.78, 5) is 50.9. The minimum absolute atomic E-state index is 0.0410. The number of carbonyl (C=O) groups is 1.